The molecular formula is C18H17N3O. The van der Waals surface area contributed by atoms with Crippen LogP contribution in [-0.2, 0) is 0 Å². The molecule has 0 atom stereocenters. The lowest BCUT2D eigenvalue weighted by Gasteiger charge is -2.10. The number of hydrogen-bond acceptors (Lipinski definition) is 2. The zero-order valence-corrected chi connectivity index (χ0v) is 12.6. The molecule has 0 saturated carbocycles. The third-order valence-corrected chi connectivity index (χ3v) is 3.54. The third-order valence-electron chi connectivity index (χ3n) is 3.54. The van der Waals surface area contributed by atoms with Gasteiger partial charge < -0.3 is 5.32 Å². The lowest BCUT2D eigenvalue weighted by Crippen LogP contribution is -2.13. The third kappa shape index (κ3) is 2.91. The van der Waals surface area contributed by atoms with E-state index in [-0.39, 0.29) is 5.91 Å². The molecule has 1 N–H and O–H groups in total. The number of benzene rings is 2. The average Bonchev–Trinajstić information content (AvgIpc) is 3.05. The summed E-state index contributed by atoms with van der Waals surface area (Å²) < 4.78 is 1.76. The fourth-order valence-electron chi connectivity index (χ4n) is 2.25. The Morgan fingerprint density at radius 2 is 1.86 bits per heavy atom. The van der Waals surface area contributed by atoms with Crippen molar-refractivity contribution >= 4 is 11.6 Å². The number of amides is 1. The molecule has 22 heavy (non-hydrogen) atoms. The summed E-state index contributed by atoms with van der Waals surface area (Å²) in [6.07, 6.45) is 3.59. The van der Waals surface area contributed by atoms with Crippen molar-refractivity contribution in [2.24, 2.45) is 0 Å². The van der Waals surface area contributed by atoms with Gasteiger partial charge in [-0.1, -0.05) is 12.1 Å². The normalized spacial score (nSPS) is 10.5. The van der Waals surface area contributed by atoms with E-state index in [0.717, 1.165) is 22.5 Å². The molecule has 3 rings (SSSR count). The standard InChI is InChI=1S/C18H17N3O/c1-13-4-5-14(2)17(12-13)20-18(22)15-6-8-16(9-7-15)21-11-3-10-19-21/h3-12H,1-2H3,(H,20,22). The highest BCUT2D eigenvalue weighted by atomic mass is 16.1. The van der Waals surface area contributed by atoms with Gasteiger partial charge in [-0.05, 0) is 61.4 Å². The molecular weight excluding hydrogens is 274 g/mol. The van der Waals surface area contributed by atoms with Crippen LogP contribution in [0.15, 0.2) is 60.9 Å². The molecule has 0 fully saturated rings. The number of carbonyl (C=O) groups is 1. The fourth-order valence-corrected chi connectivity index (χ4v) is 2.25. The van der Waals surface area contributed by atoms with Crippen molar-refractivity contribution in [2.75, 3.05) is 5.32 Å². The molecule has 0 unspecified atom stereocenters. The number of aryl methyl sites for hydroxylation is 2. The molecule has 0 radical (unpaired) electrons. The van der Waals surface area contributed by atoms with E-state index in [9.17, 15) is 4.79 Å². The second-order valence-electron chi connectivity index (χ2n) is 5.27. The maximum atomic E-state index is 12.3. The first-order valence-corrected chi connectivity index (χ1v) is 7.12. The summed E-state index contributed by atoms with van der Waals surface area (Å²) in [4.78, 5) is 12.3. The lowest BCUT2D eigenvalue weighted by molar-refractivity contribution is 0.102. The van der Waals surface area contributed by atoms with Crippen LogP contribution in [0.1, 0.15) is 21.5 Å². The summed E-state index contributed by atoms with van der Waals surface area (Å²) in [5.41, 5.74) is 4.56. The van der Waals surface area contributed by atoms with E-state index in [1.54, 1.807) is 23.0 Å². The predicted molar refractivity (Wildman–Crippen MR) is 87.4 cm³/mol. The SMILES string of the molecule is Cc1ccc(C)c(NC(=O)c2ccc(-n3cccn3)cc2)c1. The molecule has 1 aromatic heterocycles. The van der Waals surface area contributed by atoms with Gasteiger partial charge in [-0.3, -0.25) is 4.79 Å². The van der Waals surface area contributed by atoms with Crippen LogP contribution in [0.5, 0.6) is 0 Å². The molecule has 0 aliphatic rings. The maximum Gasteiger partial charge on any atom is 0.255 e. The summed E-state index contributed by atoms with van der Waals surface area (Å²) in [5.74, 6) is -0.110. The molecule has 0 bridgehead atoms. The van der Waals surface area contributed by atoms with Gasteiger partial charge in [0.15, 0.2) is 0 Å². The minimum absolute atomic E-state index is 0.110. The van der Waals surface area contributed by atoms with Crippen LogP contribution in [0.4, 0.5) is 5.69 Å². The van der Waals surface area contributed by atoms with Crippen molar-refractivity contribution in [3.05, 3.63) is 77.6 Å². The molecule has 4 nitrogen and oxygen atoms in total. The Kier molecular flexibility index (Phi) is 3.74. The number of nitrogens with one attached hydrogen (secondary N) is 1. The number of hydrogen-bond donors (Lipinski definition) is 1. The van der Waals surface area contributed by atoms with Crippen molar-refractivity contribution in [2.45, 2.75) is 13.8 Å². The Balaban J connectivity index is 1.79. The molecule has 0 spiro atoms. The second-order valence-corrected chi connectivity index (χ2v) is 5.27. The van der Waals surface area contributed by atoms with Gasteiger partial charge >= 0.3 is 0 Å². The van der Waals surface area contributed by atoms with Crippen LogP contribution in [0, 0.1) is 13.8 Å². The molecule has 2 aromatic carbocycles. The quantitative estimate of drug-likeness (QED) is 0.799. The molecule has 110 valence electrons. The number of nitrogens with zero attached hydrogens (tertiary/aromatic N) is 2. The van der Waals surface area contributed by atoms with E-state index >= 15 is 0 Å². The van der Waals surface area contributed by atoms with Gasteiger partial charge in [0.2, 0.25) is 0 Å². The summed E-state index contributed by atoms with van der Waals surface area (Å²) in [5, 5.41) is 7.13. The van der Waals surface area contributed by atoms with Crippen LogP contribution in [-0.4, -0.2) is 15.7 Å². The van der Waals surface area contributed by atoms with Gasteiger partial charge in [-0.15, -0.1) is 0 Å². The van der Waals surface area contributed by atoms with Gasteiger partial charge in [-0.2, -0.15) is 5.10 Å². The number of anilines is 1. The van der Waals surface area contributed by atoms with Crippen LogP contribution >= 0.6 is 0 Å². The molecule has 0 saturated heterocycles. The summed E-state index contributed by atoms with van der Waals surface area (Å²) >= 11 is 0. The smallest absolute Gasteiger partial charge is 0.255 e. The first-order chi connectivity index (χ1) is 10.6. The van der Waals surface area contributed by atoms with Gasteiger partial charge in [0.1, 0.15) is 0 Å². The number of rotatable bonds is 3. The highest BCUT2D eigenvalue weighted by Gasteiger charge is 2.08. The zero-order chi connectivity index (χ0) is 15.5. The van der Waals surface area contributed by atoms with Gasteiger partial charge in [0.25, 0.3) is 5.91 Å². The van der Waals surface area contributed by atoms with Crippen molar-refractivity contribution in [3.8, 4) is 5.69 Å². The van der Waals surface area contributed by atoms with Crippen molar-refractivity contribution < 1.29 is 4.79 Å². The fraction of sp³-hybridized carbons (Fsp3) is 0.111. The van der Waals surface area contributed by atoms with E-state index in [1.165, 1.54) is 0 Å². The molecule has 0 aliphatic heterocycles. The minimum atomic E-state index is -0.110. The zero-order valence-electron chi connectivity index (χ0n) is 12.6. The molecule has 3 aromatic rings. The molecule has 1 amide bonds. The largest absolute Gasteiger partial charge is 0.322 e. The Morgan fingerprint density at radius 3 is 2.55 bits per heavy atom. The Labute approximate surface area is 129 Å². The second kappa shape index (κ2) is 5.85. The van der Waals surface area contributed by atoms with Gasteiger partial charge in [0.05, 0.1) is 5.69 Å². The van der Waals surface area contributed by atoms with Gasteiger partial charge in [-0.25, -0.2) is 4.68 Å². The van der Waals surface area contributed by atoms with Crippen LogP contribution in [0.25, 0.3) is 5.69 Å². The first kappa shape index (κ1) is 14.1. The molecule has 1 heterocycles. The Bertz CT molecular complexity index is 790. The molecule has 4 heteroatoms. The van der Waals surface area contributed by atoms with Gasteiger partial charge in [0, 0.05) is 23.6 Å². The van der Waals surface area contributed by atoms with E-state index in [0.29, 0.717) is 5.56 Å². The monoisotopic (exact) mass is 291 g/mol. The topological polar surface area (TPSA) is 46.9 Å². The predicted octanol–water partition coefficient (Wildman–Crippen LogP) is 3.74. The maximum absolute atomic E-state index is 12.3. The van der Waals surface area contributed by atoms with Crippen LogP contribution < -0.4 is 5.32 Å². The van der Waals surface area contributed by atoms with Crippen LogP contribution in [0.2, 0.25) is 0 Å². The van der Waals surface area contributed by atoms with Crippen molar-refractivity contribution in [1.82, 2.24) is 9.78 Å². The summed E-state index contributed by atoms with van der Waals surface area (Å²) in [6.45, 7) is 3.99. The van der Waals surface area contributed by atoms with E-state index in [4.69, 9.17) is 0 Å². The average molecular weight is 291 g/mol. The highest BCUT2D eigenvalue weighted by molar-refractivity contribution is 6.04. The van der Waals surface area contributed by atoms with E-state index < -0.39 is 0 Å². The number of aromatic nitrogens is 2. The highest BCUT2D eigenvalue weighted by Crippen LogP contribution is 2.18. The first-order valence-electron chi connectivity index (χ1n) is 7.12. The number of carbonyl (C=O) groups excluding carboxylic acids is 1. The van der Waals surface area contributed by atoms with Crippen LogP contribution in [0.3, 0.4) is 0 Å². The minimum Gasteiger partial charge on any atom is -0.322 e. The Hall–Kier alpha value is -2.88. The molecule has 0 aliphatic carbocycles. The lowest BCUT2D eigenvalue weighted by atomic mass is 10.1. The van der Waals surface area contributed by atoms with E-state index in [1.807, 2.05) is 56.4 Å². The summed E-state index contributed by atoms with van der Waals surface area (Å²) in [7, 11) is 0. The summed E-state index contributed by atoms with van der Waals surface area (Å²) in [6, 6.07) is 15.2. The van der Waals surface area contributed by atoms with Crippen molar-refractivity contribution in [3.63, 3.8) is 0 Å². The van der Waals surface area contributed by atoms with Crippen molar-refractivity contribution in [1.29, 1.82) is 0 Å². The van der Waals surface area contributed by atoms with E-state index in [2.05, 4.69) is 10.4 Å². The Morgan fingerprint density at radius 1 is 1.09 bits per heavy atom.